The number of rotatable bonds is 8. The Morgan fingerprint density at radius 2 is 1.84 bits per heavy atom. The minimum atomic E-state index is -0.815. The Morgan fingerprint density at radius 1 is 1.09 bits per heavy atom. The van der Waals surface area contributed by atoms with E-state index in [0.29, 0.717) is 30.8 Å². The van der Waals surface area contributed by atoms with Gasteiger partial charge in [0.25, 0.3) is 5.91 Å². The fourth-order valence-corrected chi connectivity index (χ4v) is 4.15. The molecule has 166 valence electrons. The van der Waals surface area contributed by atoms with E-state index in [4.69, 9.17) is 5.21 Å². The van der Waals surface area contributed by atoms with Gasteiger partial charge in [0.05, 0.1) is 12.2 Å². The topological polar surface area (TPSA) is 121 Å². The Morgan fingerprint density at radius 3 is 2.53 bits per heavy atom. The van der Waals surface area contributed by atoms with E-state index in [2.05, 4.69) is 22.4 Å². The molecule has 0 saturated carbocycles. The zero-order valence-electron chi connectivity index (χ0n) is 17.5. The number of carbonyl (C=O) groups excluding carboxylic acids is 1. The molecule has 9 heteroatoms. The lowest BCUT2D eigenvalue weighted by molar-refractivity contribution is -0.142. The standard InChI is InChI=1S/C23H25N5O4/c29-22(25-32)18-10-8-17(9-11-18)20-15-28(26-24-20)19-13-21(23(30)31)27(14-19)12-4-7-16-5-2-1-3-6-16/h1-3,5-6,8-11,15,19,21,32H,4,7,12-14H2,(H,25,29)(H,30,31)/t19-,21-/m1/s1. The van der Waals surface area contributed by atoms with Crippen LogP contribution in [-0.2, 0) is 11.2 Å². The van der Waals surface area contributed by atoms with Crippen molar-refractivity contribution in [1.82, 2.24) is 25.4 Å². The van der Waals surface area contributed by atoms with Crippen molar-refractivity contribution < 1.29 is 19.9 Å². The molecule has 1 saturated heterocycles. The number of benzene rings is 2. The molecule has 3 N–H and O–H groups in total. The Bertz CT molecular complexity index is 1070. The second-order valence-electron chi connectivity index (χ2n) is 7.93. The minimum absolute atomic E-state index is 0.0754. The Labute approximate surface area is 185 Å². The molecule has 0 bridgehead atoms. The number of likely N-dealkylation sites (tertiary alicyclic amines) is 1. The maximum atomic E-state index is 11.8. The quantitative estimate of drug-likeness (QED) is 0.367. The fourth-order valence-electron chi connectivity index (χ4n) is 4.15. The molecule has 4 rings (SSSR count). The first-order valence-corrected chi connectivity index (χ1v) is 10.5. The summed E-state index contributed by atoms with van der Waals surface area (Å²) in [5.41, 5.74) is 4.59. The maximum Gasteiger partial charge on any atom is 0.321 e. The van der Waals surface area contributed by atoms with E-state index < -0.39 is 17.9 Å². The average molecular weight is 435 g/mol. The molecule has 0 radical (unpaired) electrons. The Kier molecular flexibility index (Phi) is 6.58. The molecular formula is C23H25N5O4. The molecule has 32 heavy (non-hydrogen) atoms. The van der Waals surface area contributed by atoms with E-state index in [1.807, 2.05) is 23.1 Å². The summed E-state index contributed by atoms with van der Waals surface area (Å²) in [6.45, 7) is 1.31. The molecule has 2 heterocycles. The number of carbonyl (C=O) groups is 2. The van der Waals surface area contributed by atoms with Crippen LogP contribution < -0.4 is 5.48 Å². The van der Waals surface area contributed by atoms with Crippen LogP contribution in [0.4, 0.5) is 0 Å². The number of hydrogen-bond donors (Lipinski definition) is 3. The van der Waals surface area contributed by atoms with Crippen LogP contribution in [0.3, 0.4) is 0 Å². The van der Waals surface area contributed by atoms with Gasteiger partial charge >= 0.3 is 5.97 Å². The molecule has 2 atom stereocenters. The molecule has 1 aliphatic rings. The molecule has 2 aromatic carbocycles. The van der Waals surface area contributed by atoms with E-state index in [1.54, 1.807) is 40.6 Å². The number of carboxylic acids is 1. The van der Waals surface area contributed by atoms with Crippen molar-refractivity contribution in [3.05, 3.63) is 71.9 Å². The lowest BCUT2D eigenvalue weighted by atomic mass is 10.1. The highest BCUT2D eigenvalue weighted by molar-refractivity contribution is 5.93. The molecule has 0 aliphatic carbocycles. The summed E-state index contributed by atoms with van der Waals surface area (Å²) >= 11 is 0. The van der Waals surface area contributed by atoms with Crippen LogP contribution in [0, 0.1) is 0 Å². The number of nitrogens with zero attached hydrogens (tertiary/aromatic N) is 4. The van der Waals surface area contributed by atoms with Crippen molar-refractivity contribution in [3.63, 3.8) is 0 Å². The van der Waals surface area contributed by atoms with Gasteiger partial charge < -0.3 is 5.11 Å². The third kappa shape index (κ3) is 4.84. The lowest BCUT2D eigenvalue weighted by Crippen LogP contribution is -2.36. The second kappa shape index (κ2) is 9.71. The molecular weight excluding hydrogens is 410 g/mol. The summed E-state index contributed by atoms with van der Waals surface area (Å²) in [6, 6.07) is 16.2. The molecule has 1 fully saturated rings. The van der Waals surface area contributed by atoms with Gasteiger partial charge in [0.2, 0.25) is 0 Å². The summed E-state index contributed by atoms with van der Waals surface area (Å²) in [5, 5.41) is 26.9. The number of carboxylic acid groups (broad SMARTS) is 1. The Hall–Kier alpha value is -3.56. The van der Waals surface area contributed by atoms with E-state index in [-0.39, 0.29) is 6.04 Å². The van der Waals surface area contributed by atoms with Crippen LogP contribution in [-0.4, -0.2) is 61.2 Å². The van der Waals surface area contributed by atoms with Crippen molar-refractivity contribution in [2.75, 3.05) is 13.1 Å². The second-order valence-corrected chi connectivity index (χ2v) is 7.93. The predicted octanol–water partition coefficient (Wildman–Crippen LogP) is 2.40. The smallest absolute Gasteiger partial charge is 0.321 e. The van der Waals surface area contributed by atoms with Crippen molar-refractivity contribution in [2.24, 2.45) is 0 Å². The van der Waals surface area contributed by atoms with Crippen LogP contribution in [0.1, 0.15) is 34.8 Å². The first-order valence-electron chi connectivity index (χ1n) is 10.5. The van der Waals surface area contributed by atoms with E-state index in [9.17, 15) is 14.7 Å². The predicted molar refractivity (Wildman–Crippen MR) is 116 cm³/mol. The SMILES string of the molecule is O=C(NO)c1ccc(-c2cn([C@@H]3C[C@H](C(=O)O)N(CCCc4ccccc4)C3)nn2)cc1. The monoisotopic (exact) mass is 435 g/mol. The van der Waals surface area contributed by atoms with E-state index in [1.165, 1.54) is 5.56 Å². The van der Waals surface area contributed by atoms with Crippen LogP contribution in [0.5, 0.6) is 0 Å². The van der Waals surface area contributed by atoms with E-state index in [0.717, 1.165) is 18.4 Å². The van der Waals surface area contributed by atoms with Crippen molar-refractivity contribution in [2.45, 2.75) is 31.3 Å². The van der Waals surface area contributed by atoms with Crippen molar-refractivity contribution >= 4 is 11.9 Å². The first kappa shape index (κ1) is 21.7. The third-order valence-corrected chi connectivity index (χ3v) is 5.85. The van der Waals surface area contributed by atoms with Gasteiger partial charge in [0, 0.05) is 17.7 Å². The zero-order chi connectivity index (χ0) is 22.5. The zero-order valence-corrected chi connectivity index (χ0v) is 17.5. The highest BCUT2D eigenvalue weighted by atomic mass is 16.5. The highest BCUT2D eigenvalue weighted by Crippen LogP contribution is 2.29. The van der Waals surface area contributed by atoms with Crippen LogP contribution >= 0.6 is 0 Å². The third-order valence-electron chi connectivity index (χ3n) is 5.85. The van der Waals surface area contributed by atoms with Gasteiger partial charge in [-0.25, -0.2) is 10.2 Å². The van der Waals surface area contributed by atoms with Crippen LogP contribution in [0.25, 0.3) is 11.3 Å². The van der Waals surface area contributed by atoms with Gasteiger partial charge in [-0.1, -0.05) is 47.7 Å². The first-order chi connectivity index (χ1) is 15.5. The molecule has 0 spiro atoms. The van der Waals surface area contributed by atoms with Gasteiger partial charge in [-0.2, -0.15) is 0 Å². The van der Waals surface area contributed by atoms with Gasteiger partial charge in [-0.15, -0.1) is 5.10 Å². The number of hydroxylamine groups is 1. The number of hydrogen-bond acceptors (Lipinski definition) is 6. The maximum absolute atomic E-state index is 11.8. The highest BCUT2D eigenvalue weighted by Gasteiger charge is 2.37. The fraction of sp³-hybridized carbons (Fsp3) is 0.304. The largest absolute Gasteiger partial charge is 0.480 e. The number of amides is 1. The lowest BCUT2D eigenvalue weighted by Gasteiger charge is -2.20. The summed E-state index contributed by atoms with van der Waals surface area (Å²) < 4.78 is 1.73. The van der Waals surface area contributed by atoms with Gasteiger partial charge in [0.15, 0.2) is 0 Å². The average Bonchev–Trinajstić information content (AvgIpc) is 3.47. The number of nitrogens with one attached hydrogen (secondary N) is 1. The Balaban J connectivity index is 1.41. The van der Waals surface area contributed by atoms with Gasteiger partial charge in [0.1, 0.15) is 11.7 Å². The molecule has 9 nitrogen and oxygen atoms in total. The minimum Gasteiger partial charge on any atom is -0.480 e. The van der Waals surface area contributed by atoms with Gasteiger partial charge in [-0.05, 0) is 43.5 Å². The number of aryl methyl sites for hydroxylation is 1. The molecule has 1 aliphatic heterocycles. The van der Waals surface area contributed by atoms with Crippen molar-refractivity contribution in [1.29, 1.82) is 0 Å². The molecule has 0 unspecified atom stereocenters. The van der Waals surface area contributed by atoms with Gasteiger partial charge in [-0.3, -0.25) is 19.7 Å². The summed E-state index contributed by atoms with van der Waals surface area (Å²) in [4.78, 5) is 25.3. The normalized spacial score (nSPS) is 18.5. The molecule has 1 amide bonds. The van der Waals surface area contributed by atoms with E-state index >= 15 is 0 Å². The summed E-state index contributed by atoms with van der Waals surface area (Å²) in [6.07, 6.45) is 4.07. The van der Waals surface area contributed by atoms with Crippen LogP contribution in [0.15, 0.2) is 60.8 Å². The number of aromatic nitrogens is 3. The molecule has 3 aromatic rings. The number of aliphatic carboxylic acids is 1. The summed E-state index contributed by atoms with van der Waals surface area (Å²) in [7, 11) is 0. The van der Waals surface area contributed by atoms with Crippen LogP contribution in [0.2, 0.25) is 0 Å². The van der Waals surface area contributed by atoms with Crippen molar-refractivity contribution in [3.8, 4) is 11.3 Å². The molecule has 1 aromatic heterocycles. The summed E-state index contributed by atoms with van der Waals surface area (Å²) in [5.74, 6) is -1.40.